The van der Waals surface area contributed by atoms with Gasteiger partial charge in [-0.2, -0.15) is 0 Å². The Morgan fingerprint density at radius 3 is 2.56 bits per heavy atom. The summed E-state index contributed by atoms with van der Waals surface area (Å²) in [7, 11) is 0. The van der Waals surface area contributed by atoms with Gasteiger partial charge in [-0.1, -0.05) is 31.4 Å². The second kappa shape index (κ2) is 10.8. The van der Waals surface area contributed by atoms with E-state index in [-0.39, 0.29) is 5.78 Å². The summed E-state index contributed by atoms with van der Waals surface area (Å²) in [6.07, 6.45) is 13.0. The molecule has 0 aliphatic carbocycles. The Labute approximate surface area is 189 Å². The smallest absolute Gasteiger partial charge is 0.227 e. The number of Topliss-reactive ketones (excluding diaryl/α,β-unsaturated/α-hetero) is 1. The van der Waals surface area contributed by atoms with E-state index < -0.39 is 0 Å². The average Bonchev–Trinajstić information content (AvgIpc) is 2.79. The highest BCUT2D eigenvalue weighted by Crippen LogP contribution is 2.27. The first-order valence-electron chi connectivity index (χ1n) is 10.5. The first-order valence-corrected chi connectivity index (χ1v) is 10.5. The number of pyridine rings is 1. The molecule has 5 nitrogen and oxygen atoms in total. The van der Waals surface area contributed by atoms with Crippen molar-refractivity contribution < 1.29 is 4.79 Å². The lowest BCUT2D eigenvalue weighted by Gasteiger charge is -2.11. The zero-order valence-corrected chi connectivity index (χ0v) is 18.6. The molecule has 2 aromatic heterocycles. The summed E-state index contributed by atoms with van der Waals surface area (Å²) in [6.45, 7) is 5.24. The van der Waals surface area contributed by atoms with Crippen LogP contribution in [0.5, 0.6) is 0 Å². The number of nitrogens with one attached hydrogen (secondary N) is 1. The van der Waals surface area contributed by atoms with Crippen LogP contribution in [-0.4, -0.2) is 20.7 Å². The number of carbonyl (C=O) groups is 1. The number of hydrogen-bond donors (Lipinski definition) is 1. The molecule has 4 rings (SSSR count). The van der Waals surface area contributed by atoms with E-state index in [0.717, 1.165) is 46.1 Å². The summed E-state index contributed by atoms with van der Waals surface area (Å²) in [6, 6.07) is 16.2. The predicted octanol–water partition coefficient (Wildman–Crippen LogP) is 5.96. The molecular formula is C27H26N4O. The van der Waals surface area contributed by atoms with Gasteiger partial charge in [-0.15, -0.1) is 6.42 Å². The van der Waals surface area contributed by atoms with Crippen LogP contribution in [0, 0.1) is 12.3 Å². The summed E-state index contributed by atoms with van der Waals surface area (Å²) in [5.41, 5.74) is 6.12. The molecule has 0 fully saturated rings. The SMILES string of the molecule is C#Cc1ccc2nc(Nc3cc(CCC)cc(-c4cccnc4)c3)ncc2c1.CC(C)=O. The number of rotatable bonds is 5. The second-order valence-electron chi connectivity index (χ2n) is 7.56. The van der Waals surface area contributed by atoms with Crippen molar-refractivity contribution in [2.75, 3.05) is 5.32 Å². The standard InChI is InChI=1S/C24H20N4.C3H6O/c1-3-6-18-12-20(19-7-5-10-25-15-19)14-22(13-18)27-24-26-16-21-11-17(4-2)8-9-23(21)28-24;1-3(2)4/h2,5,7-16H,3,6H2,1H3,(H,26,27,28);1-2H3. The first-order chi connectivity index (χ1) is 15.5. The summed E-state index contributed by atoms with van der Waals surface area (Å²) in [4.78, 5) is 22.8. The predicted molar refractivity (Wildman–Crippen MR) is 131 cm³/mol. The van der Waals surface area contributed by atoms with Crippen LogP contribution in [0.15, 0.2) is 67.1 Å². The minimum Gasteiger partial charge on any atom is -0.324 e. The Hall–Kier alpha value is -4.04. The number of aromatic nitrogens is 3. The van der Waals surface area contributed by atoms with Crippen molar-refractivity contribution in [2.45, 2.75) is 33.6 Å². The van der Waals surface area contributed by atoms with E-state index in [1.807, 2.05) is 30.5 Å². The van der Waals surface area contributed by atoms with E-state index in [0.29, 0.717) is 5.95 Å². The zero-order chi connectivity index (χ0) is 22.9. The summed E-state index contributed by atoms with van der Waals surface area (Å²) < 4.78 is 0. The molecule has 0 amide bonds. The topological polar surface area (TPSA) is 67.8 Å². The highest BCUT2D eigenvalue weighted by atomic mass is 16.1. The fourth-order valence-corrected chi connectivity index (χ4v) is 3.21. The van der Waals surface area contributed by atoms with Gasteiger partial charge in [0.1, 0.15) is 5.78 Å². The Kier molecular flexibility index (Phi) is 7.66. The van der Waals surface area contributed by atoms with Crippen molar-refractivity contribution in [3.63, 3.8) is 0 Å². The van der Waals surface area contributed by atoms with Crippen LogP contribution in [0.25, 0.3) is 22.0 Å². The van der Waals surface area contributed by atoms with E-state index in [2.05, 4.69) is 57.4 Å². The molecule has 5 heteroatoms. The maximum absolute atomic E-state index is 9.44. The molecule has 1 N–H and O–H groups in total. The monoisotopic (exact) mass is 422 g/mol. The van der Waals surface area contributed by atoms with Crippen molar-refractivity contribution in [2.24, 2.45) is 0 Å². The lowest BCUT2D eigenvalue weighted by molar-refractivity contribution is -0.114. The van der Waals surface area contributed by atoms with Gasteiger partial charge in [0.2, 0.25) is 5.95 Å². The molecule has 0 bridgehead atoms. The lowest BCUT2D eigenvalue weighted by Crippen LogP contribution is -1.99. The fourth-order valence-electron chi connectivity index (χ4n) is 3.21. The van der Waals surface area contributed by atoms with Gasteiger partial charge < -0.3 is 10.1 Å². The van der Waals surface area contributed by atoms with Crippen LogP contribution in [0.2, 0.25) is 0 Å². The van der Waals surface area contributed by atoms with Gasteiger partial charge >= 0.3 is 0 Å². The number of fused-ring (bicyclic) bond motifs is 1. The average molecular weight is 423 g/mol. The zero-order valence-electron chi connectivity index (χ0n) is 18.6. The van der Waals surface area contributed by atoms with Crippen LogP contribution in [-0.2, 0) is 11.2 Å². The molecule has 2 aromatic carbocycles. The quantitative estimate of drug-likeness (QED) is 0.402. The molecule has 0 atom stereocenters. The Morgan fingerprint density at radius 2 is 1.88 bits per heavy atom. The number of ketones is 1. The van der Waals surface area contributed by atoms with Crippen molar-refractivity contribution in [3.8, 4) is 23.5 Å². The number of anilines is 2. The first kappa shape index (κ1) is 22.6. The molecule has 0 radical (unpaired) electrons. The third-order valence-corrected chi connectivity index (χ3v) is 4.53. The number of carbonyl (C=O) groups excluding carboxylic acids is 1. The molecule has 0 unspecified atom stereocenters. The van der Waals surface area contributed by atoms with Crippen molar-refractivity contribution in [1.29, 1.82) is 0 Å². The molecule has 0 spiro atoms. The van der Waals surface area contributed by atoms with Crippen molar-refractivity contribution >= 4 is 28.3 Å². The third-order valence-electron chi connectivity index (χ3n) is 4.53. The van der Waals surface area contributed by atoms with Crippen LogP contribution in [0.3, 0.4) is 0 Å². The minimum atomic E-state index is 0.167. The van der Waals surface area contributed by atoms with Crippen LogP contribution in [0.1, 0.15) is 38.3 Å². The van der Waals surface area contributed by atoms with Gasteiger partial charge in [0.25, 0.3) is 0 Å². The molecule has 0 saturated carbocycles. The molecule has 32 heavy (non-hydrogen) atoms. The van der Waals surface area contributed by atoms with Gasteiger partial charge in [-0.25, -0.2) is 9.97 Å². The molecule has 2 heterocycles. The van der Waals surface area contributed by atoms with Gasteiger partial charge in [0.15, 0.2) is 0 Å². The Bertz CT molecular complexity index is 1260. The molecule has 0 aliphatic heterocycles. The summed E-state index contributed by atoms with van der Waals surface area (Å²) in [5, 5.41) is 4.28. The van der Waals surface area contributed by atoms with Crippen LogP contribution in [0.4, 0.5) is 11.6 Å². The Balaban J connectivity index is 0.000000668. The third kappa shape index (κ3) is 6.23. The van der Waals surface area contributed by atoms with Gasteiger partial charge in [0, 0.05) is 40.8 Å². The number of terminal acetylenes is 1. The number of aryl methyl sites for hydroxylation is 1. The number of nitrogens with zero attached hydrogens (tertiary/aromatic N) is 3. The van der Waals surface area contributed by atoms with Crippen molar-refractivity contribution in [1.82, 2.24) is 15.0 Å². The van der Waals surface area contributed by atoms with Gasteiger partial charge in [-0.3, -0.25) is 4.98 Å². The molecule has 4 aromatic rings. The van der Waals surface area contributed by atoms with Gasteiger partial charge in [-0.05, 0) is 67.8 Å². The highest BCUT2D eigenvalue weighted by Gasteiger charge is 2.06. The van der Waals surface area contributed by atoms with E-state index in [1.165, 1.54) is 19.4 Å². The second-order valence-corrected chi connectivity index (χ2v) is 7.56. The van der Waals surface area contributed by atoms with Crippen LogP contribution < -0.4 is 5.32 Å². The number of hydrogen-bond acceptors (Lipinski definition) is 5. The maximum atomic E-state index is 9.44. The van der Waals surface area contributed by atoms with Gasteiger partial charge in [0.05, 0.1) is 5.52 Å². The van der Waals surface area contributed by atoms with E-state index >= 15 is 0 Å². The molecular weight excluding hydrogens is 396 g/mol. The highest BCUT2D eigenvalue weighted by molar-refractivity contribution is 5.81. The van der Waals surface area contributed by atoms with E-state index in [4.69, 9.17) is 6.42 Å². The maximum Gasteiger partial charge on any atom is 0.227 e. The summed E-state index contributed by atoms with van der Waals surface area (Å²) >= 11 is 0. The molecule has 0 saturated heterocycles. The van der Waals surface area contributed by atoms with Crippen molar-refractivity contribution in [3.05, 3.63) is 78.2 Å². The van der Waals surface area contributed by atoms with E-state index in [1.54, 1.807) is 12.4 Å². The minimum absolute atomic E-state index is 0.167. The Morgan fingerprint density at radius 1 is 1.06 bits per heavy atom. The van der Waals surface area contributed by atoms with Crippen LogP contribution >= 0.6 is 0 Å². The fraction of sp³-hybridized carbons (Fsp3) is 0.185. The largest absolute Gasteiger partial charge is 0.324 e. The summed E-state index contributed by atoms with van der Waals surface area (Å²) in [5.74, 6) is 3.37. The number of benzene rings is 2. The normalized spacial score (nSPS) is 10.1. The lowest BCUT2D eigenvalue weighted by atomic mass is 10.0. The van der Waals surface area contributed by atoms with E-state index in [9.17, 15) is 4.79 Å². The molecule has 0 aliphatic rings. The molecule has 160 valence electrons.